The van der Waals surface area contributed by atoms with Crippen LogP contribution in [0.3, 0.4) is 0 Å². The Bertz CT molecular complexity index is 887. The van der Waals surface area contributed by atoms with E-state index in [0.717, 1.165) is 22.4 Å². The highest BCUT2D eigenvalue weighted by molar-refractivity contribution is 5.99. The predicted octanol–water partition coefficient (Wildman–Crippen LogP) is 4.76. The van der Waals surface area contributed by atoms with Gasteiger partial charge in [0.25, 0.3) is 5.91 Å². The van der Waals surface area contributed by atoms with Crippen LogP contribution in [0.2, 0.25) is 0 Å². The van der Waals surface area contributed by atoms with Gasteiger partial charge < -0.3 is 10.2 Å². The molecule has 25 heavy (non-hydrogen) atoms. The first-order valence-electron chi connectivity index (χ1n) is 8.49. The molecule has 1 unspecified atom stereocenters. The van der Waals surface area contributed by atoms with Crippen molar-refractivity contribution in [2.75, 3.05) is 5.32 Å². The first-order valence-corrected chi connectivity index (χ1v) is 8.49. The molecular formula is C22H20N2O. The van der Waals surface area contributed by atoms with Crippen LogP contribution in [0.1, 0.15) is 33.2 Å². The van der Waals surface area contributed by atoms with Crippen molar-refractivity contribution in [2.24, 2.45) is 0 Å². The number of fused-ring (bicyclic) bond motifs is 1. The maximum absolute atomic E-state index is 12.9. The highest BCUT2D eigenvalue weighted by Crippen LogP contribution is 2.35. The highest BCUT2D eigenvalue weighted by Gasteiger charge is 2.36. The van der Waals surface area contributed by atoms with E-state index in [1.54, 1.807) is 0 Å². The third kappa shape index (κ3) is 3.01. The summed E-state index contributed by atoms with van der Waals surface area (Å²) in [6.45, 7) is 2.65. The average Bonchev–Trinajstić information content (AvgIpc) is 2.91. The van der Waals surface area contributed by atoms with Crippen LogP contribution >= 0.6 is 0 Å². The zero-order valence-corrected chi connectivity index (χ0v) is 14.1. The summed E-state index contributed by atoms with van der Waals surface area (Å²) in [5, 5.41) is 3.53. The molecule has 0 saturated heterocycles. The number of rotatable bonds is 4. The van der Waals surface area contributed by atoms with Gasteiger partial charge in [0.2, 0.25) is 0 Å². The lowest BCUT2D eigenvalue weighted by Gasteiger charge is -2.27. The molecule has 0 aliphatic carbocycles. The standard InChI is InChI=1S/C22H20N2O/c1-16-11-13-18(14-12-16)23-21-19-9-5-6-10-20(19)22(25)24(21)15-17-7-3-2-4-8-17/h2-14,21,23H,15H2,1H3. The smallest absolute Gasteiger partial charge is 0.256 e. The van der Waals surface area contributed by atoms with Gasteiger partial charge in [-0.25, -0.2) is 0 Å². The number of carbonyl (C=O) groups excluding carboxylic acids is 1. The normalized spacial score (nSPS) is 16.0. The molecule has 3 aromatic rings. The minimum atomic E-state index is -0.161. The molecule has 1 aliphatic rings. The molecular weight excluding hydrogens is 308 g/mol. The molecule has 3 heteroatoms. The van der Waals surface area contributed by atoms with E-state index in [1.807, 2.05) is 47.4 Å². The zero-order valence-electron chi connectivity index (χ0n) is 14.1. The van der Waals surface area contributed by atoms with Gasteiger partial charge in [-0.2, -0.15) is 0 Å². The predicted molar refractivity (Wildman–Crippen MR) is 100 cm³/mol. The fourth-order valence-corrected chi connectivity index (χ4v) is 3.28. The average molecular weight is 328 g/mol. The third-order valence-electron chi connectivity index (χ3n) is 4.61. The van der Waals surface area contributed by atoms with Gasteiger partial charge in [0.15, 0.2) is 0 Å². The molecule has 3 aromatic carbocycles. The van der Waals surface area contributed by atoms with Crippen molar-refractivity contribution in [1.82, 2.24) is 4.90 Å². The maximum Gasteiger partial charge on any atom is 0.256 e. The molecule has 0 spiro atoms. The molecule has 124 valence electrons. The fourth-order valence-electron chi connectivity index (χ4n) is 3.28. The number of carbonyl (C=O) groups is 1. The summed E-state index contributed by atoms with van der Waals surface area (Å²) < 4.78 is 0. The summed E-state index contributed by atoms with van der Waals surface area (Å²) in [6.07, 6.45) is -0.161. The van der Waals surface area contributed by atoms with E-state index >= 15 is 0 Å². The number of anilines is 1. The molecule has 1 N–H and O–H groups in total. The Morgan fingerprint density at radius 3 is 2.32 bits per heavy atom. The molecule has 4 rings (SSSR count). The van der Waals surface area contributed by atoms with Crippen LogP contribution in [0.25, 0.3) is 0 Å². The number of aryl methyl sites for hydroxylation is 1. The molecule has 0 aromatic heterocycles. The Balaban J connectivity index is 1.68. The number of amides is 1. The van der Waals surface area contributed by atoms with Gasteiger partial charge in [0.1, 0.15) is 6.17 Å². The molecule has 0 radical (unpaired) electrons. The highest BCUT2D eigenvalue weighted by atomic mass is 16.2. The van der Waals surface area contributed by atoms with Crippen LogP contribution in [-0.4, -0.2) is 10.8 Å². The second kappa shape index (κ2) is 6.44. The van der Waals surface area contributed by atoms with E-state index in [1.165, 1.54) is 5.56 Å². The first kappa shape index (κ1) is 15.5. The molecule has 1 aliphatic heterocycles. The zero-order chi connectivity index (χ0) is 17.2. The second-order valence-corrected chi connectivity index (χ2v) is 6.42. The summed E-state index contributed by atoms with van der Waals surface area (Å²) in [5.41, 5.74) is 5.17. The van der Waals surface area contributed by atoms with E-state index in [-0.39, 0.29) is 12.1 Å². The van der Waals surface area contributed by atoms with E-state index in [2.05, 4.69) is 48.6 Å². The number of benzene rings is 3. The van der Waals surface area contributed by atoms with Crippen molar-refractivity contribution in [2.45, 2.75) is 19.6 Å². The van der Waals surface area contributed by atoms with E-state index in [0.29, 0.717) is 6.54 Å². The number of nitrogens with zero attached hydrogens (tertiary/aromatic N) is 1. The Morgan fingerprint density at radius 1 is 0.880 bits per heavy atom. The van der Waals surface area contributed by atoms with Gasteiger partial charge in [0, 0.05) is 23.4 Å². The van der Waals surface area contributed by atoms with Crippen LogP contribution in [0, 0.1) is 6.92 Å². The van der Waals surface area contributed by atoms with Gasteiger partial charge in [-0.3, -0.25) is 4.79 Å². The molecule has 0 bridgehead atoms. The summed E-state index contributed by atoms with van der Waals surface area (Å²) in [7, 11) is 0. The van der Waals surface area contributed by atoms with E-state index in [9.17, 15) is 4.79 Å². The van der Waals surface area contributed by atoms with Crippen LogP contribution in [0.5, 0.6) is 0 Å². The lowest BCUT2D eigenvalue weighted by Crippen LogP contribution is -2.31. The van der Waals surface area contributed by atoms with Crippen molar-refractivity contribution < 1.29 is 4.79 Å². The van der Waals surface area contributed by atoms with Crippen molar-refractivity contribution >= 4 is 11.6 Å². The van der Waals surface area contributed by atoms with Gasteiger partial charge in [0.05, 0.1) is 0 Å². The van der Waals surface area contributed by atoms with Crippen LogP contribution in [-0.2, 0) is 6.54 Å². The summed E-state index contributed by atoms with van der Waals surface area (Å²) in [4.78, 5) is 14.8. The van der Waals surface area contributed by atoms with Crippen molar-refractivity contribution in [3.05, 3.63) is 101 Å². The SMILES string of the molecule is Cc1ccc(NC2c3ccccc3C(=O)N2Cc2ccccc2)cc1. The van der Waals surface area contributed by atoms with Crippen LogP contribution < -0.4 is 5.32 Å². The Morgan fingerprint density at radius 2 is 1.56 bits per heavy atom. The molecule has 1 amide bonds. The number of hydrogen-bond donors (Lipinski definition) is 1. The summed E-state index contributed by atoms with van der Waals surface area (Å²) >= 11 is 0. The Kier molecular flexibility index (Phi) is 3.98. The van der Waals surface area contributed by atoms with Crippen LogP contribution in [0.15, 0.2) is 78.9 Å². The minimum absolute atomic E-state index is 0.0732. The Hall–Kier alpha value is -3.07. The maximum atomic E-state index is 12.9. The lowest BCUT2D eigenvalue weighted by atomic mass is 10.1. The van der Waals surface area contributed by atoms with Crippen molar-refractivity contribution in [3.8, 4) is 0 Å². The third-order valence-corrected chi connectivity index (χ3v) is 4.61. The van der Waals surface area contributed by atoms with Crippen LogP contribution in [0.4, 0.5) is 5.69 Å². The van der Waals surface area contributed by atoms with Crippen molar-refractivity contribution in [1.29, 1.82) is 0 Å². The largest absolute Gasteiger partial charge is 0.361 e. The van der Waals surface area contributed by atoms with Crippen molar-refractivity contribution in [3.63, 3.8) is 0 Å². The fraction of sp³-hybridized carbons (Fsp3) is 0.136. The molecule has 1 heterocycles. The first-order chi connectivity index (χ1) is 12.2. The quantitative estimate of drug-likeness (QED) is 0.749. The molecule has 0 fully saturated rings. The summed E-state index contributed by atoms with van der Waals surface area (Å²) in [5.74, 6) is 0.0732. The van der Waals surface area contributed by atoms with Gasteiger partial charge in [-0.1, -0.05) is 66.2 Å². The van der Waals surface area contributed by atoms with Gasteiger partial charge in [-0.05, 0) is 30.7 Å². The second-order valence-electron chi connectivity index (χ2n) is 6.42. The number of hydrogen-bond acceptors (Lipinski definition) is 2. The molecule has 1 atom stereocenters. The van der Waals surface area contributed by atoms with Gasteiger partial charge >= 0.3 is 0 Å². The topological polar surface area (TPSA) is 32.3 Å². The Labute approximate surface area is 147 Å². The lowest BCUT2D eigenvalue weighted by molar-refractivity contribution is 0.0729. The van der Waals surface area contributed by atoms with E-state index in [4.69, 9.17) is 0 Å². The monoisotopic (exact) mass is 328 g/mol. The summed E-state index contributed by atoms with van der Waals surface area (Å²) in [6, 6.07) is 26.2. The number of nitrogens with one attached hydrogen (secondary N) is 1. The minimum Gasteiger partial charge on any atom is -0.361 e. The van der Waals surface area contributed by atoms with Gasteiger partial charge in [-0.15, -0.1) is 0 Å². The molecule has 0 saturated carbocycles. The van der Waals surface area contributed by atoms with E-state index < -0.39 is 0 Å². The molecule has 3 nitrogen and oxygen atoms in total.